The largest absolute Gasteiger partial charge is 0.506 e. The van der Waals surface area contributed by atoms with Gasteiger partial charge in [0.05, 0.1) is 24.6 Å². The van der Waals surface area contributed by atoms with Crippen LogP contribution >= 0.6 is 23.5 Å². The van der Waals surface area contributed by atoms with Gasteiger partial charge in [0.2, 0.25) is 5.91 Å². The number of thioether (sulfide) groups is 2. The third-order valence-electron chi connectivity index (χ3n) is 4.30. The topological polar surface area (TPSA) is 73.7 Å². The highest BCUT2D eigenvalue weighted by atomic mass is 32.2. The van der Waals surface area contributed by atoms with Crippen molar-refractivity contribution in [1.82, 2.24) is 9.88 Å². The number of amides is 1. The van der Waals surface area contributed by atoms with Crippen LogP contribution in [0.25, 0.3) is 0 Å². The van der Waals surface area contributed by atoms with E-state index in [0.29, 0.717) is 22.6 Å². The SMILES string of the molecule is CSc1ccc(C2SCC(=O)N2Cc2c(CO)cnc(C)c2O)cc1. The third kappa shape index (κ3) is 3.63. The van der Waals surface area contributed by atoms with Gasteiger partial charge in [-0.3, -0.25) is 9.78 Å². The molecule has 1 aromatic heterocycles. The van der Waals surface area contributed by atoms with Crippen molar-refractivity contribution >= 4 is 29.4 Å². The van der Waals surface area contributed by atoms with E-state index < -0.39 is 0 Å². The minimum absolute atomic E-state index is 0.0294. The van der Waals surface area contributed by atoms with Gasteiger partial charge in [0.15, 0.2) is 0 Å². The zero-order valence-corrected chi connectivity index (χ0v) is 15.7. The van der Waals surface area contributed by atoms with E-state index in [1.807, 2.05) is 18.4 Å². The van der Waals surface area contributed by atoms with Gasteiger partial charge in [-0.2, -0.15) is 0 Å². The number of aryl methyl sites for hydroxylation is 1. The normalized spacial score (nSPS) is 17.3. The lowest BCUT2D eigenvalue weighted by Crippen LogP contribution is -2.28. The van der Waals surface area contributed by atoms with Gasteiger partial charge >= 0.3 is 0 Å². The molecule has 0 aliphatic carbocycles. The molecule has 1 fully saturated rings. The van der Waals surface area contributed by atoms with Crippen LogP contribution < -0.4 is 0 Å². The Hall–Kier alpha value is -1.70. The number of aromatic nitrogens is 1. The van der Waals surface area contributed by atoms with Crippen molar-refractivity contribution in [3.05, 3.63) is 52.8 Å². The zero-order chi connectivity index (χ0) is 18.0. The minimum Gasteiger partial charge on any atom is -0.506 e. The molecule has 1 amide bonds. The summed E-state index contributed by atoms with van der Waals surface area (Å²) < 4.78 is 0. The highest BCUT2D eigenvalue weighted by molar-refractivity contribution is 8.00. The summed E-state index contributed by atoms with van der Waals surface area (Å²) in [5.74, 6) is 0.489. The van der Waals surface area contributed by atoms with Gasteiger partial charge in [-0.1, -0.05) is 12.1 Å². The Balaban J connectivity index is 1.92. The first-order valence-electron chi connectivity index (χ1n) is 7.87. The highest BCUT2D eigenvalue weighted by Gasteiger charge is 2.34. The molecule has 5 nitrogen and oxygen atoms in total. The number of aliphatic hydroxyl groups excluding tert-OH is 1. The molecule has 1 aromatic carbocycles. The quantitative estimate of drug-likeness (QED) is 0.781. The molecule has 1 saturated heterocycles. The molecule has 3 rings (SSSR count). The number of carbonyl (C=O) groups excluding carboxylic acids is 1. The number of aromatic hydroxyl groups is 1. The summed E-state index contributed by atoms with van der Waals surface area (Å²) in [5, 5.41) is 19.8. The number of aliphatic hydroxyl groups is 1. The Morgan fingerprint density at radius 1 is 1.36 bits per heavy atom. The predicted octanol–water partition coefficient (Wildman–Crippen LogP) is 3.08. The van der Waals surface area contributed by atoms with Crippen LogP contribution in [0.1, 0.15) is 27.8 Å². The van der Waals surface area contributed by atoms with Gasteiger partial charge in [0.1, 0.15) is 11.1 Å². The number of pyridine rings is 1. The van der Waals surface area contributed by atoms with Crippen LogP contribution in [0.15, 0.2) is 35.4 Å². The molecule has 7 heteroatoms. The van der Waals surface area contributed by atoms with E-state index in [4.69, 9.17) is 0 Å². The Bertz CT molecular complexity index is 781. The summed E-state index contributed by atoms with van der Waals surface area (Å²) in [5.41, 5.74) is 2.66. The summed E-state index contributed by atoms with van der Waals surface area (Å²) in [7, 11) is 0. The van der Waals surface area contributed by atoms with E-state index in [9.17, 15) is 15.0 Å². The van der Waals surface area contributed by atoms with Crippen molar-refractivity contribution in [3.8, 4) is 5.75 Å². The number of hydrogen-bond acceptors (Lipinski definition) is 6. The average molecular weight is 377 g/mol. The van der Waals surface area contributed by atoms with E-state index in [-0.39, 0.29) is 30.2 Å². The van der Waals surface area contributed by atoms with Crippen LogP contribution in [0.4, 0.5) is 0 Å². The molecule has 1 aliphatic rings. The molecule has 25 heavy (non-hydrogen) atoms. The number of carbonyl (C=O) groups is 1. The smallest absolute Gasteiger partial charge is 0.234 e. The fourth-order valence-electron chi connectivity index (χ4n) is 2.84. The Kier molecular flexibility index (Phi) is 5.56. The summed E-state index contributed by atoms with van der Waals surface area (Å²) in [6.45, 7) is 1.74. The summed E-state index contributed by atoms with van der Waals surface area (Å²) in [6.07, 6.45) is 3.58. The van der Waals surface area contributed by atoms with E-state index in [0.717, 1.165) is 5.56 Å². The van der Waals surface area contributed by atoms with Crippen molar-refractivity contribution in [2.75, 3.05) is 12.0 Å². The maximum Gasteiger partial charge on any atom is 0.234 e. The molecule has 2 heterocycles. The molecular weight excluding hydrogens is 356 g/mol. The summed E-state index contributed by atoms with van der Waals surface area (Å²) >= 11 is 3.26. The minimum atomic E-state index is -0.224. The van der Waals surface area contributed by atoms with Gasteiger partial charge in [-0.25, -0.2) is 0 Å². The molecule has 132 valence electrons. The Morgan fingerprint density at radius 2 is 2.08 bits per heavy atom. The second-order valence-electron chi connectivity index (χ2n) is 5.81. The molecule has 2 aromatic rings. The Labute approximate surface area is 155 Å². The number of nitrogens with zero attached hydrogens (tertiary/aromatic N) is 2. The van der Waals surface area contributed by atoms with Crippen LogP contribution in [0.5, 0.6) is 5.75 Å². The molecule has 0 spiro atoms. The number of hydrogen-bond donors (Lipinski definition) is 2. The summed E-state index contributed by atoms with van der Waals surface area (Å²) in [6, 6.07) is 8.18. The first-order chi connectivity index (χ1) is 12.0. The maximum absolute atomic E-state index is 12.4. The first-order valence-corrected chi connectivity index (χ1v) is 10.1. The molecule has 0 saturated carbocycles. The van der Waals surface area contributed by atoms with Crippen molar-refractivity contribution in [1.29, 1.82) is 0 Å². The van der Waals surface area contributed by atoms with Crippen LogP contribution in [0, 0.1) is 6.92 Å². The summed E-state index contributed by atoms with van der Waals surface area (Å²) in [4.78, 5) is 19.4. The molecule has 1 atom stereocenters. The van der Waals surface area contributed by atoms with Gasteiger partial charge in [-0.05, 0) is 30.9 Å². The van der Waals surface area contributed by atoms with Gasteiger partial charge < -0.3 is 15.1 Å². The molecular formula is C18H20N2O3S2. The Morgan fingerprint density at radius 3 is 2.72 bits per heavy atom. The van der Waals surface area contributed by atoms with Crippen LogP contribution in [0.3, 0.4) is 0 Å². The standard InChI is InChI=1S/C18H20N2O3S2/c1-11-17(23)15(13(9-21)7-19-11)8-20-16(22)10-25-18(20)12-3-5-14(24-2)6-4-12/h3-7,18,21,23H,8-10H2,1-2H3. The van der Waals surface area contributed by atoms with Crippen LogP contribution in [-0.4, -0.2) is 38.0 Å². The second kappa shape index (κ2) is 7.68. The lowest BCUT2D eigenvalue weighted by Gasteiger charge is -2.26. The number of benzene rings is 1. The fourth-order valence-corrected chi connectivity index (χ4v) is 4.43. The molecule has 1 aliphatic heterocycles. The van der Waals surface area contributed by atoms with E-state index in [1.165, 1.54) is 4.90 Å². The molecule has 1 unspecified atom stereocenters. The van der Waals surface area contributed by atoms with Crippen molar-refractivity contribution in [2.45, 2.75) is 30.3 Å². The number of rotatable bonds is 5. The lowest BCUT2D eigenvalue weighted by atomic mass is 10.1. The van der Waals surface area contributed by atoms with Gasteiger partial charge in [0, 0.05) is 22.2 Å². The van der Waals surface area contributed by atoms with Crippen molar-refractivity contribution in [3.63, 3.8) is 0 Å². The fraction of sp³-hybridized carbons (Fsp3) is 0.333. The van der Waals surface area contributed by atoms with Gasteiger partial charge in [0.25, 0.3) is 0 Å². The zero-order valence-electron chi connectivity index (χ0n) is 14.1. The first kappa shape index (κ1) is 18.1. The van der Waals surface area contributed by atoms with Crippen molar-refractivity contribution < 1.29 is 15.0 Å². The average Bonchev–Trinajstić information content (AvgIpc) is 3.00. The second-order valence-corrected chi connectivity index (χ2v) is 7.76. The molecule has 2 N–H and O–H groups in total. The van der Waals surface area contributed by atoms with Crippen molar-refractivity contribution in [2.24, 2.45) is 0 Å². The molecule has 0 radical (unpaired) electrons. The van der Waals surface area contributed by atoms with Gasteiger partial charge in [-0.15, -0.1) is 23.5 Å². The van der Waals surface area contributed by atoms with E-state index in [1.54, 1.807) is 41.5 Å². The molecule has 0 bridgehead atoms. The van der Waals surface area contributed by atoms with E-state index in [2.05, 4.69) is 17.1 Å². The predicted molar refractivity (Wildman–Crippen MR) is 101 cm³/mol. The highest BCUT2D eigenvalue weighted by Crippen LogP contribution is 2.41. The van der Waals surface area contributed by atoms with Crippen LogP contribution in [-0.2, 0) is 17.9 Å². The lowest BCUT2D eigenvalue weighted by molar-refractivity contribution is -0.128. The monoisotopic (exact) mass is 376 g/mol. The maximum atomic E-state index is 12.4. The third-order valence-corrected chi connectivity index (χ3v) is 6.30. The van der Waals surface area contributed by atoms with Crippen LogP contribution in [0.2, 0.25) is 0 Å². The van der Waals surface area contributed by atoms with E-state index >= 15 is 0 Å².